The highest BCUT2D eigenvalue weighted by molar-refractivity contribution is 8.00. The van der Waals surface area contributed by atoms with Crippen molar-refractivity contribution in [3.05, 3.63) is 48.0 Å². The van der Waals surface area contributed by atoms with Crippen LogP contribution in [0.3, 0.4) is 0 Å². The van der Waals surface area contributed by atoms with E-state index >= 15 is 0 Å². The van der Waals surface area contributed by atoms with Gasteiger partial charge in [-0.1, -0.05) is 11.8 Å². The van der Waals surface area contributed by atoms with Crippen molar-refractivity contribution in [3.63, 3.8) is 0 Å². The number of methoxy groups -OCH3 is 3. The molecule has 0 aliphatic heterocycles. The van der Waals surface area contributed by atoms with Crippen LogP contribution in [0.4, 0.5) is 14.5 Å². The predicted molar refractivity (Wildman–Crippen MR) is 125 cm³/mol. The van der Waals surface area contributed by atoms with E-state index in [4.69, 9.17) is 14.2 Å². The first kappa shape index (κ1) is 25.4. The van der Waals surface area contributed by atoms with E-state index in [1.165, 1.54) is 17.8 Å². The van der Waals surface area contributed by atoms with Crippen LogP contribution in [0.25, 0.3) is 11.4 Å². The molecule has 3 aromatic rings. The van der Waals surface area contributed by atoms with Crippen molar-refractivity contribution in [3.8, 4) is 22.9 Å². The third kappa shape index (κ3) is 6.03. The zero-order valence-corrected chi connectivity index (χ0v) is 20.1. The molecule has 1 atom stereocenters. The number of nitrogens with zero attached hydrogens (tertiary/aromatic N) is 3. The minimum Gasteiger partial charge on any atom is -0.493 e. The largest absolute Gasteiger partial charge is 0.493 e. The van der Waals surface area contributed by atoms with Crippen molar-refractivity contribution >= 4 is 23.4 Å². The van der Waals surface area contributed by atoms with Gasteiger partial charge in [0, 0.05) is 37.6 Å². The lowest BCUT2D eigenvalue weighted by Crippen LogP contribution is -2.23. The molecule has 0 spiro atoms. The maximum Gasteiger partial charge on any atom is 0.237 e. The van der Waals surface area contributed by atoms with Crippen LogP contribution in [-0.2, 0) is 16.1 Å². The highest BCUT2D eigenvalue weighted by Crippen LogP contribution is 2.33. The van der Waals surface area contributed by atoms with Crippen molar-refractivity contribution in [1.82, 2.24) is 14.8 Å². The van der Waals surface area contributed by atoms with Crippen molar-refractivity contribution in [2.45, 2.75) is 30.3 Å². The number of hydrogen-bond donors (Lipinski definition) is 1. The fraction of sp³-hybridized carbons (Fsp3) is 0.348. The molecule has 0 fully saturated rings. The molecule has 1 heterocycles. The van der Waals surface area contributed by atoms with Crippen LogP contribution < -0.4 is 14.8 Å². The summed E-state index contributed by atoms with van der Waals surface area (Å²) in [6.45, 7) is 2.80. The summed E-state index contributed by atoms with van der Waals surface area (Å²) >= 11 is 1.21. The summed E-state index contributed by atoms with van der Waals surface area (Å²) in [5, 5.41) is 11.2. The Bertz CT molecular complexity index is 1140. The zero-order valence-electron chi connectivity index (χ0n) is 19.3. The maximum absolute atomic E-state index is 13.5. The van der Waals surface area contributed by atoms with Crippen LogP contribution in [0, 0.1) is 11.6 Å². The van der Waals surface area contributed by atoms with Crippen LogP contribution >= 0.6 is 11.8 Å². The van der Waals surface area contributed by atoms with Gasteiger partial charge in [0.15, 0.2) is 34.1 Å². The minimum absolute atomic E-state index is 0.170. The summed E-state index contributed by atoms with van der Waals surface area (Å²) in [5.41, 5.74) is 0.942. The van der Waals surface area contributed by atoms with Gasteiger partial charge in [0.2, 0.25) is 5.91 Å². The van der Waals surface area contributed by atoms with Gasteiger partial charge < -0.3 is 24.1 Å². The lowest BCUT2D eigenvalue weighted by molar-refractivity contribution is -0.115. The molecule has 1 unspecified atom stereocenters. The second kappa shape index (κ2) is 11.8. The van der Waals surface area contributed by atoms with Gasteiger partial charge in [-0.25, -0.2) is 8.78 Å². The van der Waals surface area contributed by atoms with E-state index in [1.807, 2.05) is 16.7 Å². The van der Waals surface area contributed by atoms with Gasteiger partial charge in [0.1, 0.15) is 0 Å². The molecular weight excluding hydrogens is 466 g/mol. The zero-order chi connectivity index (χ0) is 24.7. The number of anilines is 1. The first-order valence-corrected chi connectivity index (χ1v) is 11.3. The maximum atomic E-state index is 13.5. The Kier molecular flexibility index (Phi) is 8.83. The van der Waals surface area contributed by atoms with Gasteiger partial charge in [-0.05, 0) is 43.7 Å². The first-order chi connectivity index (χ1) is 16.4. The second-order valence-electron chi connectivity index (χ2n) is 7.25. The number of carbonyl (C=O) groups is 1. The Morgan fingerprint density at radius 2 is 1.82 bits per heavy atom. The average molecular weight is 493 g/mol. The number of carbonyl (C=O) groups excluding carboxylic acids is 1. The topological polar surface area (TPSA) is 87.5 Å². The fourth-order valence-electron chi connectivity index (χ4n) is 3.16. The molecular formula is C23H26F2N4O4S. The van der Waals surface area contributed by atoms with Crippen molar-refractivity contribution < 1.29 is 27.8 Å². The Balaban J connectivity index is 1.83. The van der Waals surface area contributed by atoms with Gasteiger partial charge in [-0.3, -0.25) is 4.79 Å². The predicted octanol–water partition coefficient (Wildman–Crippen LogP) is 4.40. The minimum atomic E-state index is -1.03. The lowest BCUT2D eigenvalue weighted by Gasteiger charge is -2.14. The molecule has 34 heavy (non-hydrogen) atoms. The van der Waals surface area contributed by atoms with E-state index in [-0.39, 0.29) is 11.6 Å². The number of hydrogen-bond acceptors (Lipinski definition) is 7. The Labute approximate surface area is 200 Å². The van der Waals surface area contributed by atoms with Crippen LogP contribution in [0.1, 0.15) is 13.3 Å². The highest BCUT2D eigenvalue weighted by atomic mass is 32.2. The molecule has 2 aromatic carbocycles. The standard InChI is InChI=1S/C23H26F2N4O4S/c1-14(22(30)26-16-7-8-17(24)18(25)13-16)34-23-28-27-21(29(23)10-5-11-31-2)15-6-9-19(32-3)20(12-15)33-4/h6-9,12-14H,5,10-11H2,1-4H3,(H,26,30). The quantitative estimate of drug-likeness (QED) is 0.314. The number of halogens is 2. The molecule has 182 valence electrons. The van der Waals surface area contributed by atoms with Crippen LogP contribution in [0.5, 0.6) is 11.5 Å². The molecule has 0 saturated heterocycles. The van der Waals surface area contributed by atoms with Gasteiger partial charge >= 0.3 is 0 Å². The normalized spacial score (nSPS) is 11.8. The van der Waals surface area contributed by atoms with E-state index in [0.717, 1.165) is 17.7 Å². The number of thioether (sulfide) groups is 1. The van der Waals surface area contributed by atoms with Crippen molar-refractivity contribution in [2.24, 2.45) is 0 Å². The summed E-state index contributed by atoms with van der Waals surface area (Å²) < 4.78 is 44.4. The summed E-state index contributed by atoms with van der Waals surface area (Å²) in [5.74, 6) is -0.639. The molecule has 0 aliphatic carbocycles. The van der Waals surface area contributed by atoms with Gasteiger partial charge in [-0.15, -0.1) is 10.2 Å². The SMILES string of the molecule is COCCCn1c(SC(C)C(=O)Nc2ccc(F)c(F)c2)nnc1-c1ccc(OC)c(OC)c1. The number of amides is 1. The Hall–Kier alpha value is -3.18. The third-order valence-corrected chi connectivity index (χ3v) is 6.01. The molecule has 11 heteroatoms. The number of rotatable bonds is 11. The average Bonchev–Trinajstić information content (AvgIpc) is 3.23. The molecule has 0 bridgehead atoms. The number of ether oxygens (including phenoxy) is 3. The molecule has 1 aromatic heterocycles. The molecule has 1 amide bonds. The summed E-state index contributed by atoms with van der Waals surface area (Å²) in [7, 11) is 4.74. The summed E-state index contributed by atoms with van der Waals surface area (Å²) in [4.78, 5) is 12.7. The van der Waals surface area contributed by atoms with E-state index in [9.17, 15) is 13.6 Å². The Morgan fingerprint density at radius 3 is 2.50 bits per heavy atom. The van der Waals surface area contributed by atoms with Crippen LogP contribution in [-0.4, -0.2) is 53.9 Å². The van der Waals surface area contributed by atoms with E-state index < -0.39 is 16.9 Å². The van der Waals surface area contributed by atoms with Gasteiger partial charge in [0.25, 0.3) is 0 Å². The number of benzene rings is 2. The number of nitrogens with one attached hydrogen (secondary N) is 1. The summed E-state index contributed by atoms with van der Waals surface area (Å²) in [6, 6.07) is 8.65. The molecule has 1 N–H and O–H groups in total. The first-order valence-electron chi connectivity index (χ1n) is 10.4. The number of aromatic nitrogens is 3. The smallest absolute Gasteiger partial charge is 0.237 e. The molecule has 0 saturated carbocycles. The van der Waals surface area contributed by atoms with Crippen LogP contribution in [0.2, 0.25) is 0 Å². The van der Waals surface area contributed by atoms with Gasteiger partial charge in [-0.2, -0.15) is 0 Å². The molecule has 3 rings (SSSR count). The van der Waals surface area contributed by atoms with E-state index in [1.54, 1.807) is 34.3 Å². The molecule has 0 radical (unpaired) electrons. The molecule has 0 aliphatic rings. The Morgan fingerprint density at radius 1 is 1.06 bits per heavy atom. The van der Waals surface area contributed by atoms with Crippen molar-refractivity contribution in [2.75, 3.05) is 33.3 Å². The van der Waals surface area contributed by atoms with Crippen molar-refractivity contribution in [1.29, 1.82) is 0 Å². The second-order valence-corrected chi connectivity index (χ2v) is 8.56. The third-order valence-electron chi connectivity index (χ3n) is 4.93. The summed E-state index contributed by atoms with van der Waals surface area (Å²) in [6.07, 6.45) is 0.706. The highest BCUT2D eigenvalue weighted by Gasteiger charge is 2.22. The molecule has 8 nitrogen and oxygen atoms in total. The van der Waals surface area contributed by atoms with E-state index in [0.29, 0.717) is 42.1 Å². The van der Waals surface area contributed by atoms with Gasteiger partial charge in [0.05, 0.1) is 19.5 Å². The van der Waals surface area contributed by atoms with Crippen LogP contribution in [0.15, 0.2) is 41.6 Å². The lowest BCUT2D eigenvalue weighted by atomic mass is 10.2. The fourth-order valence-corrected chi connectivity index (χ4v) is 4.04. The van der Waals surface area contributed by atoms with E-state index in [2.05, 4.69) is 15.5 Å². The monoisotopic (exact) mass is 492 g/mol.